The molecule has 2 rings (SSSR count). The number of hydrogen-bond acceptors (Lipinski definition) is 3. The summed E-state index contributed by atoms with van der Waals surface area (Å²) in [5.41, 5.74) is 7.23. The molecule has 0 fully saturated rings. The van der Waals surface area contributed by atoms with Gasteiger partial charge in [0.05, 0.1) is 11.1 Å². The van der Waals surface area contributed by atoms with Crippen LogP contribution in [0.5, 0.6) is 0 Å². The van der Waals surface area contributed by atoms with Crippen LogP contribution in [0, 0.1) is 6.92 Å². The van der Waals surface area contributed by atoms with Crippen LogP contribution in [-0.4, -0.2) is 9.55 Å². The summed E-state index contributed by atoms with van der Waals surface area (Å²) in [5.74, 6) is 0. The average molecular weight is 189 g/mol. The van der Waals surface area contributed by atoms with E-state index in [9.17, 15) is 4.79 Å². The van der Waals surface area contributed by atoms with Crippen LogP contribution in [0.25, 0.3) is 11.0 Å². The summed E-state index contributed by atoms with van der Waals surface area (Å²) in [5, 5.41) is 0.568. The summed E-state index contributed by atoms with van der Waals surface area (Å²) < 4.78 is 1.76. The average Bonchev–Trinajstić information content (AvgIpc) is 2.14. The third-order valence-corrected chi connectivity index (χ3v) is 2.19. The molecule has 0 saturated carbocycles. The fraction of sp³-hybridized carbons (Fsp3) is 0.200. The number of nitrogen functional groups attached to an aromatic ring is 1. The topological polar surface area (TPSA) is 60.9 Å². The van der Waals surface area contributed by atoms with Gasteiger partial charge >= 0.3 is 0 Å². The minimum atomic E-state index is -0.148. The Morgan fingerprint density at radius 1 is 1.43 bits per heavy atom. The molecule has 14 heavy (non-hydrogen) atoms. The van der Waals surface area contributed by atoms with Crippen LogP contribution in [0.15, 0.2) is 23.1 Å². The van der Waals surface area contributed by atoms with Crippen LogP contribution < -0.4 is 11.2 Å². The van der Waals surface area contributed by atoms with Gasteiger partial charge in [-0.1, -0.05) is 0 Å². The van der Waals surface area contributed by atoms with Crippen molar-refractivity contribution in [1.82, 2.24) is 9.55 Å². The van der Waals surface area contributed by atoms with Gasteiger partial charge in [0.1, 0.15) is 5.65 Å². The van der Waals surface area contributed by atoms with E-state index in [-0.39, 0.29) is 11.1 Å². The van der Waals surface area contributed by atoms with Crippen LogP contribution in [0.4, 0.5) is 5.69 Å². The molecule has 0 bridgehead atoms. The van der Waals surface area contributed by atoms with Crippen molar-refractivity contribution in [2.75, 3.05) is 5.73 Å². The summed E-state index contributed by atoms with van der Waals surface area (Å²) in [4.78, 5) is 15.9. The highest BCUT2D eigenvalue weighted by molar-refractivity contribution is 5.78. The van der Waals surface area contributed by atoms with Gasteiger partial charge in [-0.25, -0.2) is 4.98 Å². The molecule has 2 heterocycles. The van der Waals surface area contributed by atoms with E-state index < -0.39 is 0 Å². The Balaban J connectivity index is 3.02. The molecule has 0 unspecified atom stereocenters. The maximum Gasteiger partial charge on any atom is 0.213 e. The van der Waals surface area contributed by atoms with Gasteiger partial charge in [0, 0.05) is 18.9 Å². The monoisotopic (exact) mass is 189 g/mol. The second kappa shape index (κ2) is 2.83. The van der Waals surface area contributed by atoms with Crippen LogP contribution in [-0.2, 0) is 7.05 Å². The molecule has 0 radical (unpaired) electrons. The molecule has 0 saturated heterocycles. The lowest BCUT2D eigenvalue weighted by atomic mass is 10.2. The zero-order valence-electron chi connectivity index (χ0n) is 8.11. The molecule has 2 aromatic heterocycles. The SMILES string of the molecule is Cc1ccc2c(=O)c(N)cn(C)c2n1. The number of nitrogens with two attached hydrogens (primary N) is 1. The molecule has 0 aliphatic heterocycles. The molecule has 4 nitrogen and oxygen atoms in total. The van der Waals surface area contributed by atoms with Crippen molar-refractivity contribution in [2.45, 2.75) is 6.92 Å². The highest BCUT2D eigenvalue weighted by Crippen LogP contribution is 2.09. The third kappa shape index (κ3) is 1.16. The number of fused-ring (bicyclic) bond motifs is 1. The molecular weight excluding hydrogens is 178 g/mol. The molecule has 0 aromatic carbocycles. The smallest absolute Gasteiger partial charge is 0.213 e. The van der Waals surface area contributed by atoms with E-state index in [1.807, 2.05) is 20.0 Å². The van der Waals surface area contributed by atoms with E-state index >= 15 is 0 Å². The number of aromatic nitrogens is 2. The lowest BCUT2D eigenvalue weighted by Crippen LogP contribution is -2.13. The molecule has 4 heteroatoms. The van der Waals surface area contributed by atoms with Crippen LogP contribution in [0.3, 0.4) is 0 Å². The van der Waals surface area contributed by atoms with E-state index in [4.69, 9.17) is 5.73 Å². The first-order valence-electron chi connectivity index (χ1n) is 4.32. The van der Waals surface area contributed by atoms with Crippen LogP contribution in [0.1, 0.15) is 5.69 Å². The molecule has 2 N–H and O–H groups in total. The minimum absolute atomic E-state index is 0.148. The van der Waals surface area contributed by atoms with Crippen molar-refractivity contribution in [3.63, 3.8) is 0 Å². The van der Waals surface area contributed by atoms with E-state index in [1.54, 1.807) is 16.8 Å². The third-order valence-electron chi connectivity index (χ3n) is 2.19. The minimum Gasteiger partial charge on any atom is -0.394 e. The second-order valence-electron chi connectivity index (χ2n) is 3.35. The fourth-order valence-electron chi connectivity index (χ4n) is 1.47. The number of nitrogens with zero attached hydrogens (tertiary/aromatic N) is 2. The van der Waals surface area contributed by atoms with Crippen molar-refractivity contribution in [1.29, 1.82) is 0 Å². The largest absolute Gasteiger partial charge is 0.394 e. The van der Waals surface area contributed by atoms with E-state index in [0.717, 1.165) is 5.69 Å². The summed E-state index contributed by atoms with van der Waals surface area (Å²) in [6.45, 7) is 1.89. The van der Waals surface area contributed by atoms with Crippen LogP contribution in [0.2, 0.25) is 0 Å². The van der Waals surface area contributed by atoms with Gasteiger partial charge < -0.3 is 10.3 Å². The zero-order valence-corrected chi connectivity index (χ0v) is 8.11. The molecule has 72 valence electrons. The van der Waals surface area contributed by atoms with Crippen molar-refractivity contribution in [3.8, 4) is 0 Å². The van der Waals surface area contributed by atoms with Gasteiger partial charge in [-0.15, -0.1) is 0 Å². The van der Waals surface area contributed by atoms with Crippen molar-refractivity contribution in [2.24, 2.45) is 7.05 Å². The first-order valence-corrected chi connectivity index (χ1v) is 4.32. The Morgan fingerprint density at radius 3 is 2.86 bits per heavy atom. The summed E-state index contributed by atoms with van der Waals surface area (Å²) in [6, 6.07) is 3.57. The van der Waals surface area contributed by atoms with Gasteiger partial charge in [0.15, 0.2) is 0 Å². The van der Waals surface area contributed by atoms with Gasteiger partial charge in [0.25, 0.3) is 0 Å². The van der Waals surface area contributed by atoms with Crippen molar-refractivity contribution < 1.29 is 0 Å². The molecular formula is C10H11N3O. The molecule has 0 aliphatic carbocycles. The number of aryl methyl sites for hydroxylation is 2. The Hall–Kier alpha value is -1.84. The second-order valence-corrected chi connectivity index (χ2v) is 3.35. The quantitative estimate of drug-likeness (QED) is 0.667. The first kappa shape index (κ1) is 8.74. The summed E-state index contributed by atoms with van der Waals surface area (Å²) in [7, 11) is 1.82. The zero-order chi connectivity index (χ0) is 10.3. The Labute approximate surface area is 81.0 Å². The Kier molecular flexibility index (Phi) is 1.77. The molecule has 0 atom stereocenters. The lowest BCUT2D eigenvalue weighted by Gasteiger charge is -2.05. The van der Waals surface area contributed by atoms with E-state index in [1.165, 1.54) is 0 Å². The predicted molar refractivity (Wildman–Crippen MR) is 56.1 cm³/mol. The Morgan fingerprint density at radius 2 is 2.14 bits per heavy atom. The predicted octanol–water partition coefficient (Wildman–Crippen LogP) is 0.824. The van der Waals surface area contributed by atoms with Gasteiger partial charge in [-0.05, 0) is 19.1 Å². The van der Waals surface area contributed by atoms with Gasteiger partial charge in [-0.3, -0.25) is 4.79 Å². The number of pyridine rings is 2. The molecule has 2 aromatic rings. The van der Waals surface area contributed by atoms with Crippen molar-refractivity contribution >= 4 is 16.7 Å². The van der Waals surface area contributed by atoms with Gasteiger partial charge in [-0.2, -0.15) is 0 Å². The maximum atomic E-state index is 11.6. The van der Waals surface area contributed by atoms with E-state index in [2.05, 4.69) is 4.98 Å². The summed E-state index contributed by atoms with van der Waals surface area (Å²) >= 11 is 0. The van der Waals surface area contributed by atoms with Crippen LogP contribution >= 0.6 is 0 Å². The maximum absolute atomic E-state index is 11.6. The van der Waals surface area contributed by atoms with Gasteiger partial charge in [0.2, 0.25) is 5.43 Å². The normalized spacial score (nSPS) is 10.7. The molecule has 0 amide bonds. The van der Waals surface area contributed by atoms with E-state index in [0.29, 0.717) is 11.0 Å². The fourth-order valence-corrected chi connectivity index (χ4v) is 1.47. The standard InChI is InChI=1S/C10H11N3O/c1-6-3-4-7-9(14)8(11)5-13(2)10(7)12-6/h3-5H,11H2,1-2H3. The lowest BCUT2D eigenvalue weighted by molar-refractivity contribution is 0.926. The first-order chi connectivity index (χ1) is 6.59. The number of anilines is 1. The molecule has 0 spiro atoms. The van der Waals surface area contributed by atoms with Crippen molar-refractivity contribution in [3.05, 3.63) is 34.2 Å². The highest BCUT2D eigenvalue weighted by Gasteiger charge is 2.05. The number of rotatable bonds is 0. The Bertz CT molecular complexity index is 557. The summed E-state index contributed by atoms with van der Waals surface area (Å²) in [6.07, 6.45) is 1.59. The molecule has 0 aliphatic rings. The highest BCUT2D eigenvalue weighted by atomic mass is 16.1. The number of hydrogen-bond donors (Lipinski definition) is 1.